The van der Waals surface area contributed by atoms with Crippen molar-refractivity contribution >= 4 is 17.9 Å². The molecule has 0 heterocycles. The van der Waals surface area contributed by atoms with Crippen LogP contribution in [0.2, 0.25) is 0 Å². The lowest BCUT2D eigenvalue weighted by Gasteiger charge is -2.18. The van der Waals surface area contributed by atoms with Gasteiger partial charge in [0.1, 0.15) is 13.2 Å². The summed E-state index contributed by atoms with van der Waals surface area (Å²) in [6, 6.07) is 0. The molecule has 0 saturated carbocycles. The van der Waals surface area contributed by atoms with Crippen LogP contribution in [0.15, 0.2) is 72.9 Å². The second kappa shape index (κ2) is 41.6. The molecule has 1 unspecified atom stereocenters. The van der Waals surface area contributed by atoms with E-state index in [1.54, 1.807) is 0 Å². The van der Waals surface area contributed by atoms with Gasteiger partial charge in [0.15, 0.2) is 6.10 Å². The van der Waals surface area contributed by atoms with Crippen molar-refractivity contribution in [1.29, 1.82) is 0 Å². The average Bonchev–Trinajstić information content (AvgIpc) is 3.15. The third-order valence-electron chi connectivity index (χ3n) is 8.73. The highest BCUT2D eigenvalue weighted by molar-refractivity contribution is 5.71. The van der Waals surface area contributed by atoms with Gasteiger partial charge in [-0.3, -0.25) is 14.4 Å². The van der Waals surface area contributed by atoms with Crippen LogP contribution in [0.1, 0.15) is 188 Å². The highest BCUT2D eigenvalue weighted by Gasteiger charge is 2.19. The lowest BCUT2D eigenvalue weighted by molar-refractivity contribution is -0.167. The largest absolute Gasteiger partial charge is 0.462 e. The van der Waals surface area contributed by atoms with Crippen molar-refractivity contribution in [2.75, 3.05) is 13.2 Å². The van der Waals surface area contributed by atoms with E-state index >= 15 is 0 Å². The van der Waals surface area contributed by atoms with Gasteiger partial charge in [-0.25, -0.2) is 0 Å². The van der Waals surface area contributed by atoms with Crippen LogP contribution in [0.5, 0.6) is 0 Å². The Labute approximate surface area is 325 Å². The van der Waals surface area contributed by atoms with Gasteiger partial charge in [0.25, 0.3) is 0 Å². The monoisotopic (exact) mass is 739 g/mol. The van der Waals surface area contributed by atoms with Crippen LogP contribution in [-0.2, 0) is 28.6 Å². The Morgan fingerprint density at radius 2 is 0.736 bits per heavy atom. The number of ether oxygens (including phenoxy) is 3. The average molecular weight is 739 g/mol. The van der Waals surface area contributed by atoms with Crippen LogP contribution in [0.25, 0.3) is 0 Å². The standard InChI is InChI=1S/C47H78O6/c1-4-7-10-13-14-15-16-17-18-19-20-21-22-23-24-25-26-27-28-29-30-31-32-35-37-40-46(49)52-43-44(53-47(50)41-38-34-12-9-6-3)42-51-45(48)39-36-33-11-8-5-2/h7,10,14-15,17-18,20-21,23-24,26-27,44H,4-6,8-9,11-13,16,19,22,25,28-43H2,1-3H3/b10-7-,15-14-,18-17-,21-20-,24-23-,27-26-. The Hall–Kier alpha value is -3.15. The second-order valence-electron chi connectivity index (χ2n) is 13.9. The Kier molecular flexibility index (Phi) is 39.1. The number of rotatable bonds is 37. The maximum atomic E-state index is 12.4. The van der Waals surface area contributed by atoms with Crippen LogP contribution in [-0.4, -0.2) is 37.2 Å². The Bertz CT molecular complexity index is 1030. The van der Waals surface area contributed by atoms with Crippen molar-refractivity contribution in [3.8, 4) is 0 Å². The van der Waals surface area contributed by atoms with E-state index < -0.39 is 6.10 Å². The number of carbonyl (C=O) groups is 3. The topological polar surface area (TPSA) is 78.9 Å². The van der Waals surface area contributed by atoms with E-state index in [0.29, 0.717) is 19.3 Å². The van der Waals surface area contributed by atoms with E-state index in [0.717, 1.165) is 128 Å². The first-order valence-electron chi connectivity index (χ1n) is 21.4. The van der Waals surface area contributed by atoms with Gasteiger partial charge >= 0.3 is 17.9 Å². The zero-order valence-electron chi connectivity index (χ0n) is 34.3. The fourth-order valence-electron chi connectivity index (χ4n) is 5.50. The Morgan fingerprint density at radius 3 is 1.15 bits per heavy atom. The number of hydrogen-bond donors (Lipinski definition) is 0. The summed E-state index contributed by atoms with van der Waals surface area (Å²) in [5, 5.41) is 0. The van der Waals surface area contributed by atoms with E-state index in [-0.39, 0.29) is 31.1 Å². The van der Waals surface area contributed by atoms with Gasteiger partial charge in [-0.05, 0) is 70.6 Å². The normalized spacial score (nSPS) is 12.7. The van der Waals surface area contributed by atoms with Crippen molar-refractivity contribution in [2.24, 2.45) is 0 Å². The lowest BCUT2D eigenvalue weighted by atomic mass is 10.1. The number of carbonyl (C=O) groups excluding carboxylic acids is 3. The molecule has 0 aliphatic carbocycles. The summed E-state index contributed by atoms with van der Waals surface area (Å²) in [5.41, 5.74) is 0. The maximum Gasteiger partial charge on any atom is 0.306 e. The molecule has 6 heteroatoms. The van der Waals surface area contributed by atoms with E-state index in [1.807, 2.05) is 0 Å². The summed E-state index contributed by atoms with van der Waals surface area (Å²) in [6.45, 7) is 6.30. The summed E-state index contributed by atoms with van der Waals surface area (Å²) in [7, 11) is 0. The van der Waals surface area contributed by atoms with Gasteiger partial charge in [0.05, 0.1) is 0 Å². The summed E-state index contributed by atoms with van der Waals surface area (Å²) in [5.74, 6) is -0.935. The van der Waals surface area contributed by atoms with E-state index in [9.17, 15) is 14.4 Å². The fraction of sp³-hybridized carbons (Fsp3) is 0.681. The quantitative estimate of drug-likeness (QED) is 0.0273. The number of allylic oxidation sites excluding steroid dienone is 12. The maximum absolute atomic E-state index is 12.4. The van der Waals surface area contributed by atoms with Crippen molar-refractivity contribution in [3.63, 3.8) is 0 Å². The minimum atomic E-state index is -0.771. The van der Waals surface area contributed by atoms with Crippen molar-refractivity contribution in [2.45, 2.75) is 194 Å². The molecule has 53 heavy (non-hydrogen) atoms. The van der Waals surface area contributed by atoms with Gasteiger partial charge < -0.3 is 14.2 Å². The summed E-state index contributed by atoms with van der Waals surface area (Å²) in [4.78, 5) is 37.1. The molecule has 0 aromatic rings. The first-order valence-corrected chi connectivity index (χ1v) is 21.4. The molecule has 0 aromatic carbocycles. The zero-order valence-corrected chi connectivity index (χ0v) is 34.3. The molecule has 1 atom stereocenters. The predicted octanol–water partition coefficient (Wildman–Crippen LogP) is 13.5. The molecular formula is C47H78O6. The first-order chi connectivity index (χ1) is 26.0. The molecule has 0 saturated heterocycles. The van der Waals surface area contributed by atoms with E-state index in [1.165, 1.54) is 19.3 Å². The van der Waals surface area contributed by atoms with Gasteiger partial charge in [-0.2, -0.15) is 0 Å². The van der Waals surface area contributed by atoms with Gasteiger partial charge in [-0.1, -0.05) is 171 Å². The SMILES string of the molecule is CC/C=C\C/C=C\C/C=C\C/C=C\C/C=C\C/C=C\CCCCCCCCC(=O)OCC(COC(=O)CCCCCCC)OC(=O)CCCCCCC. The molecule has 0 N–H and O–H groups in total. The predicted molar refractivity (Wildman–Crippen MR) is 224 cm³/mol. The highest BCUT2D eigenvalue weighted by Crippen LogP contribution is 2.12. The molecule has 0 rings (SSSR count). The van der Waals surface area contributed by atoms with E-state index in [2.05, 4.69) is 93.7 Å². The van der Waals surface area contributed by atoms with Gasteiger partial charge in [-0.15, -0.1) is 0 Å². The summed E-state index contributed by atoms with van der Waals surface area (Å²) >= 11 is 0. The summed E-state index contributed by atoms with van der Waals surface area (Å²) in [6.07, 6.45) is 51.0. The van der Waals surface area contributed by atoms with Crippen molar-refractivity contribution < 1.29 is 28.6 Å². The third-order valence-corrected chi connectivity index (χ3v) is 8.73. The number of unbranched alkanes of at least 4 members (excludes halogenated alkanes) is 14. The highest BCUT2D eigenvalue weighted by atomic mass is 16.6. The molecule has 0 aromatic heterocycles. The molecule has 0 spiro atoms. The third kappa shape index (κ3) is 39.9. The fourth-order valence-corrected chi connectivity index (χ4v) is 5.50. The van der Waals surface area contributed by atoms with Crippen LogP contribution in [0.3, 0.4) is 0 Å². The number of esters is 3. The molecular weight excluding hydrogens is 661 g/mol. The Balaban J connectivity index is 4.04. The molecule has 0 bridgehead atoms. The minimum absolute atomic E-state index is 0.0821. The first kappa shape index (κ1) is 49.9. The molecule has 0 aliphatic rings. The Morgan fingerprint density at radius 1 is 0.396 bits per heavy atom. The van der Waals surface area contributed by atoms with Gasteiger partial charge in [0, 0.05) is 19.3 Å². The molecule has 0 fully saturated rings. The lowest BCUT2D eigenvalue weighted by Crippen LogP contribution is -2.30. The smallest absolute Gasteiger partial charge is 0.306 e. The van der Waals surface area contributed by atoms with Crippen LogP contribution >= 0.6 is 0 Å². The van der Waals surface area contributed by atoms with Crippen LogP contribution in [0.4, 0.5) is 0 Å². The zero-order chi connectivity index (χ0) is 38.7. The van der Waals surface area contributed by atoms with Gasteiger partial charge in [0.2, 0.25) is 0 Å². The second-order valence-corrected chi connectivity index (χ2v) is 13.9. The van der Waals surface area contributed by atoms with Crippen molar-refractivity contribution in [3.05, 3.63) is 72.9 Å². The molecule has 0 radical (unpaired) electrons. The minimum Gasteiger partial charge on any atom is -0.462 e. The molecule has 0 amide bonds. The van der Waals surface area contributed by atoms with Crippen LogP contribution in [0, 0.1) is 0 Å². The summed E-state index contributed by atoms with van der Waals surface area (Å²) < 4.78 is 16.4. The molecule has 302 valence electrons. The molecule has 6 nitrogen and oxygen atoms in total. The number of hydrogen-bond acceptors (Lipinski definition) is 6. The van der Waals surface area contributed by atoms with E-state index in [4.69, 9.17) is 14.2 Å². The van der Waals surface area contributed by atoms with Crippen LogP contribution < -0.4 is 0 Å². The van der Waals surface area contributed by atoms with Crippen molar-refractivity contribution in [1.82, 2.24) is 0 Å². The molecule has 0 aliphatic heterocycles.